The number of aromatic carboxylic acids is 1. The van der Waals surface area contributed by atoms with Gasteiger partial charge in [-0.05, 0) is 24.2 Å². The van der Waals surface area contributed by atoms with E-state index in [1.54, 1.807) is 0 Å². The van der Waals surface area contributed by atoms with Crippen LogP contribution >= 0.6 is 11.6 Å². The number of rotatable bonds is 3. The van der Waals surface area contributed by atoms with Crippen molar-refractivity contribution >= 4 is 36.7 Å². The highest BCUT2D eigenvalue weighted by molar-refractivity contribution is 6.74. The monoisotopic (exact) mass is 336 g/mol. The summed E-state index contributed by atoms with van der Waals surface area (Å²) in [6.45, 7) is 10.6. The summed E-state index contributed by atoms with van der Waals surface area (Å²) in [5.41, 5.74) is 0.119. The molecule has 0 aliphatic heterocycles. The fourth-order valence-electron chi connectivity index (χ4n) is 1.98. The van der Waals surface area contributed by atoms with Gasteiger partial charge in [-0.25, -0.2) is 4.79 Å². The van der Waals surface area contributed by atoms with Crippen molar-refractivity contribution in [1.29, 1.82) is 0 Å². The first kappa shape index (κ1) is 16.8. The molecule has 2 rings (SSSR count). The van der Waals surface area contributed by atoms with Crippen LogP contribution in [0.4, 0.5) is 0 Å². The normalized spacial score (nSPS) is 12.5. The number of halogens is 1. The Hall–Kier alpha value is -1.52. The van der Waals surface area contributed by atoms with E-state index in [0.29, 0.717) is 10.8 Å². The molecule has 0 atom stereocenters. The van der Waals surface area contributed by atoms with Crippen molar-refractivity contribution in [1.82, 2.24) is 0 Å². The first-order valence-corrected chi connectivity index (χ1v) is 10.5. The van der Waals surface area contributed by atoms with E-state index in [0.717, 1.165) is 10.8 Å². The molecule has 3 nitrogen and oxygen atoms in total. The highest BCUT2D eigenvalue weighted by Crippen LogP contribution is 2.42. The summed E-state index contributed by atoms with van der Waals surface area (Å²) in [4.78, 5) is 11.6. The lowest BCUT2D eigenvalue weighted by Crippen LogP contribution is -2.44. The van der Waals surface area contributed by atoms with E-state index in [1.165, 1.54) is 6.07 Å². The van der Waals surface area contributed by atoms with E-state index in [4.69, 9.17) is 16.0 Å². The summed E-state index contributed by atoms with van der Waals surface area (Å²) in [5.74, 6) is -0.597. The minimum atomic E-state index is -2.16. The third-order valence-corrected chi connectivity index (χ3v) is 8.98. The highest BCUT2D eigenvalue weighted by atomic mass is 35.5. The van der Waals surface area contributed by atoms with Crippen molar-refractivity contribution in [3.63, 3.8) is 0 Å². The van der Waals surface area contributed by atoms with Crippen molar-refractivity contribution in [3.05, 3.63) is 40.9 Å². The molecule has 22 heavy (non-hydrogen) atoms. The fourth-order valence-corrected chi connectivity index (χ4v) is 3.29. The number of carbonyl (C=O) groups is 1. The van der Waals surface area contributed by atoms with E-state index in [-0.39, 0.29) is 10.6 Å². The largest absolute Gasteiger partial charge is 0.543 e. The van der Waals surface area contributed by atoms with Gasteiger partial charge in [0, 0.05) is 15.8 Å². The predicted octanol–water partition coefficient (Wildman–Crippen LogP) is 5.58. The molecule has 2 aromatic rings. The summed E-state index contributed by atoms with van der Waals surface area (Å²) in [7, 11) is -2.16. The van der Waals surface area contributed by atoms with Crippen LogP contribution in [-0.4, -0.2) is 19.4 Å². The molecule has 0 aliphatic carbocycles. The highest BCUT2D eigenvalue weighted by Gasteiger charge is 2.40. The van der Waals surface area contributed by atoms with Gasteiger partial charge in [0.2, 0.25) is 0 Å². The maximum atomic E-state index is 11.6. The Morgan fingerprint density at radius 3 is 2.23 bits per heavy atom. The Balaban J connectivity index is 2.73. The number of fused-ring (bicyclic) bond motifs is 1. The Bertz CT molecular complexity index is 732. The van der Waals surface area contributed by atoms with Gasteiger partial charge >= 0.3 is 5.97 Å². The fraction of sp³-hybridized carbons (Fsp3) is 0.353. The molecule has 0 radical (unpaired) electrons. The Kier molecular flexibility index (Phi) is 4.28. The van der Waals surface area contributed by atoms with Crippen molar-refractivity contribution in [3.8, 4) is 5.75 Å². The first-order valence-electron chi connectivity index (χ1n) is 7.18. The molecule has 0 spiro atoms. The minimum absolute atomic E-state index is 0.0243. The molecule has 0 amide bonds. The average molecular weight is 337 g/mol. The van der Waals surface area contributed by atoms with Crippen LogP contribution in [0.15, 0.2) is 30.3 Å². The van der Waals surface area contributed by atoms with Crippen LogP contribution in [0.25, 0.3) is 10.8 Å². The molecule has 0 saturated carbocycles. The second kappa shape index (κ2) is 5.59. The summed E-state index contributed by atoms with van der Waals surface area (Å²) >= 11 is 6.23. The third-order valence-electron chi connectivity index (χ3n) is 4.34. The van der Waals surface area contributed by atoms with Crippen LogP contribution in [0.2, 0.25) is 23.2 Å². The van der Waals surface area contributed by atoms with Gasteiger partial charge in [-0.3, -0.25) is 0 Å². The molecule has 0 aliphatic rings. The van der Waals surface area contributed by atoms with Gasteiger partial charge in [-0.1, -0.05) is 56.6 Å². The lowest BCUT2D eigenvalue weighted by atomic mass is 10.1. The lowest BCUT2D eigenvalue weighted by molar-refractivity contribution is 0.0695. The number of hydrogen-bond acceptors (Lipinski definition) is 2. The van der Waals surface area contributed by atoms with E-state index in [9.17, 15) is 9.90 Å². The summed E-state index contributed by atoms with van der Waals surface area (Å²) in [5, 5.41) is 11.5. The molecule has 5 heteroatoms. The van der Waals surface area contributed by atoms with E-state index < -0.39 is 14.3 Å². The Morgan fingerprint density at radius 1 is 1.18 bits per heavy atom. The van der Waals surface area contributed by atoms with E-state index in [1.807, 2.05) is 24.3 Å². The molecule has 0 bridgehead atoms. The van der Waals surface area contributed by atoms with Gasteiger partial charge < -0.3 is 9.53 Å². The minimum Gasteiger partial charge on any atom is -0.543 e. The van der Waals surface area contributed by atoms with Crippen molar-refractivity contribution in [2.75, 3.05) is 0 Å². The third kappa shape index (κ3) is 2.99. The molecule has 0 aromatic heterocycles. The molecule has 0 fully saturated rings. The summed E-state index contributed by atoms with van der Waals surface area (Å²) in [6.07, 6.45) is 0. The van der Waals surface area contributed by atoms with Crippen LogP contribution in [0.1, 0.15) is 31.1 Å². The van der Waals surface area contributed by atoms with Gasteiger partial charge in [0.15, 0.2) is 0 Å². The van der Waals surface area contributed by atoms with E-state index in [2.05, 4.69) is 33.9 Å². The maximum absolute atomic E-state index is 11.6. The number of hydrogen-bond donors (Lipinski definition) is 1. The first-order chi connectivity index (χ1) is 10.0. The van der Waals surface area contributed by atoms with Gasteiger partial charge in [0.25, 0.3) is 8.32 Å². The molecule has 0 heterocycles. The van der Waals surface area contributed by atoms with Crippen LogP contribution in [0.5, 0.6) is 5.75 Å². The van der Waals surface area contributed by atoms with Crippen LogP contribution in [0.3, 0.4) is 0 Å². The van der Waals surface area contributed by atoms with Gasteiger partial charge in [-0.2, -0.15) is 0 Å². The van der Waals surface area contributed by atoms with Gasteiger partial charge in [0.05, 0.1) is 0 Å². The van der Waals surface area contributed by atoms with Crippen molar-refractivity contribution in [2.45, 2.75) is 38.9 Å². The predicted molar refractivity (Wildman–Crippen MR) is 93.7 cm³/mol. The molecule has 118 valence electrons. The standard InChI is InChI=1S/C17H21ClO3Si/c1-17(2,3)22(4,5)21-15-12-9-7-6-8-11(12)14(18)10-13(15)16(19)20/h6-10H,1-5H3,(H,19,20). The molecular formula is C17H21ClO3Si. The molecule has 2 aromatic carbocycles. The molecular weight excluding hydrogens is 316 g/mol. The summed E-state index contributed by atoms with van der Waals surface area (Å²) in [6, 6.07) is 8.96. The van der Waals surface area contributed by atoms with Gasteiger partial charge in [0.1, 0.15) is 11.3 Å². The van der Waals surface area contributed by atoms with Crippen LogP contribution in [0, 0.1) is 0 Å². The quantitative estimate of drug-likeness (QED) is 0.745. The Morgan fingerprint density at radius 2 is 1.73 bits per heavy atom. The second-order valence-corrected chi connectivity index (χ2v) is 12.1. The van der Waals surface area contributed by atoms with Crippen LogP contribution in [-0.2, 0) is 0 Å². The number of carboxylic acids is 1. The van der Waals surface area contributed by atoms with Crippen molar-refractivity contribution in [2.24, 2.45) is 0 Å². The zero-order valence-electron chi connectivity index (χ0n) is 13.5. The smallest absolute Gasteiger partial charge is 0.339 e. The van der Waals surface area contributed by atoms with Crippen LogP contribution < -0.4 is 4.43 Å². The lowest BCUT2D eigenvalue weighted by Gasteiger charge is -2.37. The topological polar surface area (TPSA) is 46.5 Å². The number of benzene rings is 2. The van der Waals surface area contributed by atoms with Gasteiger partial charge in [-0.15, -0.1) is 0 Å². The molecule has 0 saturated heterocycles. The summed E-state index contributed by atoms with van der Waals surface area (Å²) < 4.78 is 6.33. The number of carboxylic acid groups (broad SMARTS) is 1. The SMILES string of the molecule is CC(C)(C)[Si](C)(C)Oc1c(C(=O)O)cc(Cl)c2ccccc12. The molecule has 1 N–H and O–H groups in total. The average Bonchev–Trinajstić information content (AvgIpc) is 2.40. The zero-order valence-corrected chi connectivity index (χ0v) is 15.3. The zero-order chi connectivity index (χ0) is 16.7. The molecule has 0 unspecified atom stereocenters. The van der Waals surface area contributed by atoms with E-state index >= 15 is 0 Å². The van der Waals surface area contributed by atoms with Crippen molar-refractivity contribution < 1.29 is 14.3 Å². The second-order valence-electron chi connectivity index (χ2n) is 6.95. The Labute approximate surface area is 137 Å². The maximum Gasteiger partial charge on any atom is 0.339 e.